The SMILES string of the molecule is O=C(c1csc(-c2cccc(C(F)(F)F)c2)n1)N1CCC(F)(C(=O)O)C1. The van der Waals surface area contributed by atoms with Crippen molar-refractivity contribution in [1.29, 1.82) is 0 Å². The number of hydrogen-bond acceptors (Lipinski definition) is 4. The second kappa shape index (κ2) is 6.35. The molecule has 10 heteroatoms. The van der Waals surface area contributed by atoms with Crippen molar-refractivity contribution >= 4 is 23.2 Å². The predicted molar refractivity (Wildman–Crippen MR) is 84.5 cm³/mol. The van der Waals surface area contributed by atoms with Crippen molar-refractivity contribution < 1.29 is 32.3 Å². The Kier molecular flexibility index (Phi) is 4.47. The summed E-state index contributed by atoms with van der Waals surface area (Å²) in [6, 6.07) is 4.54. The first kappa shape index (κ1) is 18.3. The number of aromatic nitrogens is 1. The Hall–Kier alpha value is -2.49. The van der Waals surface area contributed by atoms with Crippen LogP contribution in [0.15, 0.2) is 29.6 Å². The van der Waals surface area contributed by atoms with Crippen molar-refractivity contribution in [1.82, 2.24) is 9.88 Å². The molecule has 5 nitrogen and oxygen atoms in total. The van der Waals surface area contributed by atoms with Crippen molar-refractivity contribution in [3.05, 3.63) is 40.9 Å². The van der Waals surface area contributed by atoms with Gasteiger partial charge in [0.1, 0.15) is 10.7 Å². The molecule has 26 heavy (non-hydrogen) atoms. The van der Waals surface area contributed by atoms with Crippen LogP contribution in [0.1, 0.15) is 22.5 Å². The monoisotopic (exact) mass is 388 g/mol. The van der Waals surface area contributed by atoms with E-state index >= 15 is 0 Å². The number of alkyl halides is 4. The highest BCUT2D eigenvalue weighted by Gasteiger charge is 2.47. The molecule has 3 rings (SSSR count). The largest absolute Gasteiger partial charge is 0.479 e. The topological polar surface area (TPSA) is 70.5 Å². The minimum atomic E-state index is -4.50. The van der Waals surface area contributed by atoms with Crippen LogP contribution >= 0.6 is 11.3 Å². The van der Waals surface area contributed by atoms with Crippen LogP contribution in [0.3, 0.4) is 0 Å². The summed E-state index contributed by atoms with van der Waals surface area (Å²) in [7, 11) is 0. The van der Waals surface area contributed by atoms with Gasteiger partial charge in [0.15, 0.2) is 0 Å². The molecule has 0 bridgehead atoms. The number of benzene rings is 1. The van der Waals surface area contributed by atoms with E-state index in [2.05, 4.69) is 4.98 Å². The molecule has 0 saturated carbocycles. The van der Waals surface area contributed by atoms with E-state index in [1.165, 1.54) is 17.5 Å². The van der Waals surface area contributed by atoms with Crippen LogP contribution in [-0.4, -0.2) is 45.6 Å². The summed E-state index contributed by atoms with van der Waals surface area (Å²) in [5.74, 6) is -2.28. The fourth-order valence-electron chi connectivity index (χ4n) is 2.62. The lowest BCUT2D eigenvalue weighted by Gasteiger charge is -2.16. The van der Waals surface area contributed by atoms with E-state index in [4.69, 9.17) is 5.11 Å². The molecule has 2 aromatic rings. The molecule has 1 atom stereocenters. The number of carbonyl (C=O) groups excluding carboxylic acids is 1. The summed E-state index contributed by atoms with van der Waals surface area (Å²) in [5, 5.41) is 10.4. The molecule has 1 fully saturated rings. The van der Waals surface area contributed by atoms with Crippen LogP contribution in [0.5, 0.6) is 0 Å². The van der Waals surface area contributed by atoms with E-state index in [1.54, 1.807) is 0 Å². The van der Waals surface area contributed by atoms with Crippen molar-refractivity contribution in [2.45, 2.75) is 18.3 Å². The molecular weight excluding hydrogens is 376 g/mol. The Morgan fingerprint density at radius 2 is 2.04 bits per heavy atom. The van der Waals surface area contributed by atoms with Crippen LogP contribution in [0.2, 0.25) is 0 Å². The van der Waals surface area contributed by atoms with Crippen molar-refractivity contribution in [3.63, 3.8) is 0 Å². The van der Waals surface area contributed by atoms with E-state index in [0.717, 1.165) is 28.4 Å². The maximum Gasteiger partial charge on any atom is 0.416 e. The highest BCUT2D eigenvalue weighted by Crippen LogP contribution is 2.33. The molecule has 1 aromatic heterocycles. The highest BCUT2D eigenvalue weighted by atomic mass is 32.1. The molecule has 1 amide bonds. The van der Waals surface area contributed by atoms with E-state index in [-0.39, 0.29) is 29.2 Å². The summed E-state index contributed by atoms with van der Waals surface area (Å²) >= 11 is 0.979. The molecule has 1 aliphatic rings. The van der Waals surface area contributed by atoms with Gasteiger partial charge in [-0.05, 0) is 12.1 Å². The molecule has 0 spiro atoms. The Bertz CT molecular complexity index is 867. The second-order valence-corrected chi connectivity index (χ2v) is 6.72. The van der Waals surface area contributed by atoms with Crippen molar-refractivity contribution in [2.24, 2.45) is 0 Å². The molecule has 138 valence electrons. The maximum atomic E-state index is 14.1. The number of rotatable bonds is 3. The quantitative estimate of drug-likeness (QED) is 0.818. The smallest absolute Gasteiger partial charge is 0.416 e. The number of likely N-dealkylation sites (tertiary alicyclic amines) is 1. The number of amides is 1. The number of aliphatic carboxylic acids is 1. The molecule has 1 aliphatic heterocycles. The van der Waals surface area contributed by atoms with Crippen LogP contribution in [0.25, 0.3) is 10.6 Å². The number of carbonyl (C=O) groups is 2. The van der Waals surface area contributed by atoms with E-state index in [9.17, 15) is 27.2 Å². The van der Waals surface area contributed by atoms with Gasteiger partial charge in [0.25, 0.3) is 5.91 Å². The zero-order chi connectivity index (χ0) is 19.1. The van der Waals surface area contributed by atoms with Crippen LogP contribution in [0.4, 0.5) is 17.6 Å². The Balaban J connectivity index is 1.81. The predicted octanol–water partition coefficient (Wildman–Crippen LogP) is 3.47. The molecule has 2 heterocycles. The lowest BCUT2D eigenvalue weighted by atomic mass is 10.1. The second-order valence-electron chi connectivity index (χ2n) is 5.86. The van der Waals surface area contributed by atoms with Crippen molar-refractivity contribution in [2.75, 3.05) is 13.1 Å². The number of halogens is 4. The normalized spacial score (nSPS) is 20.4. The Morgan fingerprint density at radius 3 is 2.65 bits per heavy atom. The number of carboxylic acids is 1. The summed E-state index contributed by atoms with van der Waals surface area (Å²) in [6.45, 7) is -0.657. The fourth-order valence-corrected chi connectivity index (χ4v) is 3.41. The summed E-state index contributed by atoms with van der Waals surface area (Å²) in [4.78, 5) is 28.3. The minimum absolute atomic E-state index is 0.0583. The number of hydrogen-bond donors (Lipinski definition) is 1. The first-order chi connectivity index (χ1) is 12.1. The lowest BCUT2D eigenvalue weighted by molar-refractivity contribution is -0.149. The Morgan fingerprint density at radius 1 is 1.31 bits per heavy atom. The minimum Gasteiger partial charge on any atom is -0.479 e. The van der Waals surface area contributed by atoms with Gasteiger partial charge in [0.2, 0.25) is 5.67 Å². The molecular formula is C16H12F4N2O3S. The third kappa shape index (κ3) is 3.41. The zero-order valence-corrected chi connectivity index (χ0v) is 13.9. The van der Waals surface area contributed by atoms with Gasteiger partial charge in [0.05, 0.1) is 12.1 Å². The van der Waals surface area contributed by atoms with E-state index < -0.39 is 35.8 Å². The molecule has 1 aromatic carbocycles. The molecule has 0 aliphatic carbocycles. The molecule has 0 radical (unpaired) electrons. The summed E-state index contributed by atoms with van der Waals surface area (Å²) in [5.41, 5.74) is -3.18. The number of thiazole rings is 1. The van der Waals surface area contributed by atoms with Gasteiger partial charge in [-0.2, -0.15) is 13.2 Å². The molecule has 1 unspecified atom stereocenters. The average Bonchev–Trinajstić information content (AvgIpc) is 3.21. The maximum absolute atomic E-state index is 14.1. The third-order valence-corrected chi connectivity index (χ3v) is 4.94. The van der Waals surface area contributed by atoms with Gasteiger partial charge >= 0.3 is 12.1 Å². The lowest BCUT2D eigenvalue weighted by Crippen LogP contribution is -2.39. The summed E-state index contributed by atoms with van der Waals surface area (Å²) < 4.78 is 52.5. The van der Waals surface area contributed by atoms with Crippen molar-refractivity contribution in [3.8, 4) is 10.6 Å². The van der Waals surface area contributed by atoms with Crippen LogP contribution in [-0.2, 0) is 11.0 Å². The van der Waals surface area contributed by atoms with Gasteiger partial charge in [-0.3, -0.25) is 4.79 Å². The van der Waals surface area contributed by atoms with Gasteiger partial charge < -0.3 is 10.0 Å². The van der Waals surface area contributed by atoms with Crippen LogP contribution < -0.4 is 0 Å². The van der Waals surface area contributed by atoms with Gasteiger partial charge in [-0.15, -0.1) is 11.3 Å². The van der Waals surface area contributed by atoms with Crippen LogP contribution in [0, 0.1) is 0 Å². The van der Waals surface area contributed by atoms with E-state index in [1.807, 2.05) is 0 Å². The number of carboxylic acid groups (broad SMARTS) is 1. The van der Waals surface area contributed by atoms with Gasteiger partial charge in [-0.25, -0.2) is 14.2 Å². The standard InChI is InChI=1S/C16H12F4N2O3S/c17-15(14(24)25)4-5-22(8-15)13(23)11-7-26-12(21-11)9-2-1-3-10(6-9)16(18,19)20/h1-3,6-7H,4-5,8H2,(H,24,25). The Labute approximate surface area is 148 Å². The summed E-state index contributed by atoms with van der Waals surface area (Å²) in [6.07, 6.45) is -4.82. The first-order valence-electron chi connectivity index (χ1n) is 7.45. The molecule has 1 N–H and O–H groups in total. The van der Waals surface area contributed by atoms with E-state index in [0.29, 0.717) is 0 Å². The third-order valence-electron chi connectivity index (χ3n) is 4.05. The first-order valence-corrected chi connectivity index (χ1v) is 8.33. The van der Waals surface area contributed by atoms with Gasteiger partial charge in [-0.1, -0.05) is 12.1 Å². The highest BCUT2D eigenvalue weighted by molar-refractivity contribution is 7.13. The number of nitrogens with zero attached hydrogens (tertiary/aromatic N) is 2. The fraction of sp³-hybridized carbons (Fsp3) is 0.312. The zero-order valence-electron chi connectivity index (χ0n) is 13.1. The molecule has 1 saturated heterocycles. The van der Waals surface area contributed by atoms with Gasteiger partial charge in [0, 0.05) is 23.9 Å². The average molecular weight is 388 g/mol.